The molecule has 3 aliphatic heterocycles. The number of thioether (sulfide) groups is 1. The molecule has 2 atom stereocenters. The van der Waals surface area contributed by atoms with Gasteiger partial charge in [0.1, 0.15) is 5.82 Å². The summed E-state index contributed by atoms with van der Waals surface area (Å²) in [5, 5.41) is 7.04. The smallest absolute Gasteiger partial charge is 0.366 e. The molecule has 1 N–H and O–H groups in total. The second-order valence-electron chi connectivity index (χ2n) is 9.24. The fourth-order valence-corrected chi connectivity index (χ4v) is 6.10. The minimum Gasteiger partial charge on any atom is -0.366 e. The van der Waals surface area contributed by atoms with E-state index >= 15 is 0 Å². The van der Waals surface area contributed by atoms with E-state index in [1.807, 2.05) is 29.0 Å². The van der Waals surface area contributed by atoms with E-state index in [0.29, 0.717) is 18.2 Å². The Bertz CT molecular complexity index is 1190. The monoisotopic (exact) mass is 502 g/mol. The first-order valence-corrected chi connectivity index (χ1v) is 12.8. The van der Waals surface area contributed by atoms with E-state index in [1.54, 1.807) is 30.1 Å². The van der Waals surface area contributed by atoms with Gasteiger partial charge in [-0.25, -0.2) is 0 Å². The van der Waals surface area contributed by atoms with Gasteiger partial charge in [0, 0.05) is 55.6 Å². The minimum absolute atomic E-state index is 0.149. The number of benzene rings is 1. The molecular weight excluding hydrogens is 473 g/mol. The summed E-state index contributed by atoms with van der Waals surface area (Å²) in [5.74, 6) is 2.24. The summed E-state index contributed by atoms with van der Waals surface area (Å²) in [6, 6.07) is 9.97. The first-order chi connectivity index (χ1) is 16.8. The molecule has 0 radical (unpaired) electrons. The second-order valence-corrected chi connectivity index (χ2v) is 10.3. The molecule has 0 bridgehead atoms. The number of rotatable bonds is 5. The molecule has 0 amide bonds. The Labute approximate surface area is 207 Å². The number of aromatic nitrogens is 1. The number of hydrogen-bond acceptors (Lipinski definition) is 7. The summed E-state index contributed by atoms with van der Waals surface area (Å²) in [5.41, 5.74) is 2.89. The number of nitrogens with one attached hydrogen (secondary N) is 1. The van der Waals surface area contributed by atoms with Gasteiger partial charge in [0.2, 0.25) is 0 Å². The molecule has 10 heteroatoms. The Morgan fingerprint density at radius 2 is 2.00 bits per heavy atom. The topological polar surface area (TPSA) is 47.0 Å². The van der Waals surface area contributed by atoms with Gasteiger partial charge in [0.25, 0.3) is 0 Å². The Morgan fingerprint density at radius 1 is 1.17 bits per heavy atom. The zero-order chi connectivity index (χ0) is 24.6. The molecule has 0 unspecified atom stereocenters. The number of halogens is 3. The SMILES string of the molecule is C=c1ccc(=C2NN=C(SCCCN3C[C@@H]4CCN(c5ccccc5C(F)(F)F)[C@@H]4C3)N2C)cn1. The molecule has 1 aromatic heterocycles. The van der Waals surface area contributed by atoms with Crippen molar-refractivity contribution < 1.29 is 13.2 Å². The molecule has 2 aromatic rings. The zero-order valence-corrected chi connectivity index (χ0v) is 20.4. The predicted molar refractivity (Wildman–Crippen MR) is 135 cm³/mol. The van der Waals surface area contributed by atoms with E-state index in [4.69, 9.17) is 0 Å². The summed E-state index contributed by atoms with van der Waals surface area (Å²) >= 11 is 1.70. The van der Waals surface area contributed by atoms with Crippen LogP contribution in [0.2, 0.25) is 0 Å². The largest absolute Gasteiger partial charge is 0.418 e. The number of hydrazone groups is 1. The highest BCUT2D eigenvalue weighted by Crippen LogP contribution is 2.41. The number of fused-ring (bicyclic) bond motifs is 1. The quantitative estimate of drug-likeness (QED) is 0.635. The Balaban J connectivity index is 1.13. The van der Waals surface area contributed by atoms with E-state index in [-0.39, 0.29) is 6.04 Å². The molecule has 1 aromatic carbocycles. The Hall–Kier alpha value is -2.72. The summed E-state index contributed by atoms with van der Waals surface area (Å²) in [6.07, 6.45) is -0.619. The van der Waals surface area contributed by atoms with Gasteiger partial charge in [-0.3, -0.25) is 10.4 Å². The van der Waals surface area contributed by atoms with Crippen molar-refractivity contribution >= 4 is 35.0 Å². The molecule has 4 heterocycles. The first kappa shape index (κ1) is 24.0. The van der Waals surface area contributed by atoms with E-state index in [2.05, 4.69) is 27.0 Å². The lowest BCUT2D eigenvalue weighted by Gasteiger charge is -2.29. The van der Waals surface area contributed by atoms with E-state index < -0.39 is 11.7 Å². The third kappa shape index (κ3) is 4.99. The van der Waals surface area contributed by atoms with E-state index in [1.165, 1.54) is 12.1 Å². The van der Waals surface area contributed by atoms with Crippen molar-refractivity contribution in [3.63, 3.8) is 0 Å². The molecule has 186 valence electrons. The number of likely N-dealkylation sites (tertiary alicyclic amines) is 1. The molecule has 35 heavy (non-hydrogen) atoms. The lowest BCUT2D eigenvalue weighted by Crippen LogP contribution is -2.36. The van der Waals surface area contributed by atoms with Gasteiger partial charge in [-0.1, -0.05) is 30.5 Å². The molecule has 0 spiro atoms. The average Bonchev–Trinajstić information content (AvgIpc) is 3.51. The van der Waals surface area contributed by atoms with Gasteiger partial charge in [-0.2, -0.15) is 13.2 Å². The summed E-state index contributed by atoms with van der Waals surface area (Å²) in [6.45, 7) is 7.21. The molecule has 6 nitrogen and oxygen atoms in total. The molecular formula is C25H29F3N6S. The van der Waals surface area contributed by atoms with Gasteiger partial charge in [-0.15, -0.1) is 5.10 Å². The van der Waals surface area contributed by atoms with Crippen LogP contribution in [0.4, 0.5) is 18.9 Å². The maximum absolute atomic E-state index is 13.6. The van der Waals surface area contributed by atoms with Gasteiger partial charge in [0.05, 0.1) is 10.9 Å². The van der Waals surface area contributed by atoms with Crippen LogP contribution in [0.25, 0.3) is 12.4 Å². The van der Waals surface area contributed by atoms with Crippen LogP contribution in [0.15, 0.2) is 47.7 Å². The molecule has 5 rings (SSSR count). The van der Waals surface area contributed by atoms with Crippen LogP contribution in [-0.4, -0.2) is 65.0 Å². The molecule has 0 saturated carbocycles. The number of alkyl halides is 3. The number of amidine groups is 1. The summed E-state index contributed by atoms with van der Waals surface area (Å²) in [7, 11) is 1.98. The van der Waals surface area contributed by atoms with Gasteiger partial charge >= 0.3 is 6.18 Å². The van der Waals surface area contributed by atoms with Crippen molar-refractivity contribution in [3.05, 3.63) is 58.7 Å². The second kappa shape index (κ2) is 9.73. The summed E-state index contributed by atoms with van der Waals surface area (Å²) < 4.78 is 40.7. The first-order valence-electron chi connectivity index (χ1n) is 11.8. The number of pyridine rings is 1. The summed E-state index contributed by atoms with van der Waals surface area (Å²) in [4.78, 5) is 10.7. The van der Waals surface area contributed by atoms with Crippen LogP contribution >= 0.6 is 11.8 Å². The van der Waals surface area contributed by atoms with Crippen molar-refractivity contribution in [2.24, 2.45) is 11.0 Å². The number of para-hydroxylation sites is 1. The van der Waals surface area contributed by atoms with Crippen LogP contribution < -0.4 is 20.9 Å². The molecule has 2 saturated heterocycles. The lowest BCUT2D eigenvalue weighted by molar-refractivity contribution is -0.137. The van der Waals surface area contributed by atoms with E-state index in [0.717, 1.165) is 59.8 Å². The molecule has 0 aliphatic carbocycles. The highest BCUT2D eigenvalue weighted by Gasteiger charge is 2.44. The third-order valence-electron chi connectivity index (χ3n) is 6.97. The normalized spacial score (nSPS) is 24.1. The van der Waals surface area contributed by atoms with Gasteiger partial charge in [-0.05, 0) is 49.6 Å². The number of nitrogens with zero attached hydrogens (tertiary/aromatic N) is 5. The maximum atomic E-state index is 13.6. The Kier molecular flexibility index (Phi) is 6.67. The highest BCUT2D eigenvalue weighted by molar-refractivity contribution is 8.13. The van der Waals surface area contributed by atoms with Crippen molar-refractivity contribution in [1.29, 1.82) is 0 Å². The van der Waals surface area contributed by atoms with Crippen LogP contribution in [0.1, 0.15) is 18.4 Å². The lowest BCUT2D eigenvalue weighted by atomic mass is 10.0. The standard InChI is InChI=1S/C25H29F3N6S/c1-17-8-9-18(14-29-17)23-30-31-24(32(23)2)35-13-5-11-33-15-19-10-12-34(22(19)16-33)21-7-4-3-6-20(21)25(26,27)28/h3-4,6-9,14,19,22,30H,1,5,10-13,15-16H2,2H3/t19-,22+/m0/s1. The van der Waals surface area contributed by atoms with Crippen LogP contribution in [0.5, 0.6) is 0 Å². The number of anilines is 1. The minimum atomic E-state index is -4.33. The molecule has 2 fully saturated rings. The fraction of sp³-hybridized carbons (Fsp3) is 0.440. The van der Waals surface area contributed by atoms with Crippen LogP contribution in [0, 0.1) is 5.92 Å². The van der Waals surface area contributed by atoms with Crippen molar-refractivity contribution in [1.82, 2.24) is 20.2 Å². The Morgan fingerprint density at radius 3 is 2.77 bits per heavy atom. The van der Waals surface area contributed by atoms with Crippen LogP contribution in [-0.2, 0) is 6.18 Å². The average molecular weight is 503 g/mol. The maximum Gasteiger partial charge on any atom is 0.418 e. The number of hydrogen-bond donors (Lipinski definition) is 1. The van der Waals surface area contributed by atoms with E-state index in [9.17, 15) is 13.2 Å². The predicted octanol–water partition coefficient (Wildman–Crippen LogP) is 2.72. The van der Waals surface area contributed by atoms with Crippen molar-refractivity contribution in [2.75, 3.05) is 43.9 Å². The third-order valence-corrected chi connectivity index (χ3v) is 8.09. The van der Waals surface area contributed by atoms with Gasteiger partial charge in [0.15, 0.2) is 5.17 Å². The highest BCUT2D eigenvalue weighted by atomic mass is 32.2. The molecule has 3 aliphatic rings. The fourth-order valence-electron chi connectivity index (χ4n) is 5.24. The van der Waals surface area contributed by atoms with Crippen LogP contribution in [0.3, 0.4) is 0 Å². The zero-order valence-electron chi connectivity index (χ0n) is 19.6. The van der Waals surface area contributed by atoms with Gasteiger partial charge < -0.3 is 14.7 Å². The van der Waals surface area contributed by atoms with Crippen molar-refractivity contribution in [3.8, 4) is 0 Å². The van der Waals surface area contributed by atoms with Crippen molar-refractivity contribution in [2.45, 2.75) is 25.1 Å².